The van der Waals surface area contributed by atoms with Gasteiger partial charge in [0.15, 0.2) is 11.5 Å². The summed E-state index contributed by atoms with van der Waals surface area (Å²) in [4.78, 5) is 4.27. The fourth-order valence-electron chi connectivity index (χ4n) is 3.43. The number of fused-ring (bicyclic) bond motifs is 1. The van der Waals surface area contributed by atoms with Gasteiger partial charge in [0.2, 0.25) is 0 Å². The third kappa shape index (κ3) is 4.06. The molecule has 0 aliphatic rings. The maximum atomic E-state index is 12.8. The van der Waals surface area contributed by atoms with Crippen LogP contribution in [-0.2, 0) is 10.0 Å². The molecule has 0 spiro atoms. The smallest absolute Gasteiger partial charge is 0.261 e. The van der Waals surface area contributed by atoms with Crippen molar-refractivity contribution in [1.82, 2.24) is 24.8 Å². The maximum absolute atomic E-state index is 12.8. The Bertz CT molecular complexity index is 1560. The molecule has 0 amide bonds. The van der Waals surface area contributed by atoms with Crippen LogP contribution in [0.5, 0.6) is 0 Å². The SMILES string of the molecule is Cc1ccc(S(=O)(=O)Nc2ccc(-c3ccc4nnc(-c5ccncc5)n4n3)cc2)cc1C. The Hall–Kier alpha value is -4.11. The van der Waals surface area contributed by atoms with Gasteiger partial charge in [-0.05, 0) is 73.5 Å². The molecule has 5 rings (SSSR count). The third-order valence-electron chi connectivity index (χ3n) is 5.42. The second-order valence-corrected chi connectivity index (χ2v) is 9.36. The number of nitrogens with zero attached hydrogens (tertiary/aromatic N) is 5. The average Bonchev–Trinajstić information content (AvgIpc) is 3.25. The molecule has 0 saturated heterocycles. The molecule has 3 aromatic heterocycles. The van der Waals surface area contributed by atoms with Crippen LogP contribution < -0.4 is 4.72 Å². The lowest BCUT2D eigenvalue weighted by atomic mass is 10.1. The number of nitrogens with one attached hydrogen (secondary N) is 1. The first-order valence-corrected chi connectivity index (χ1v) is 11.7. The van der Waals surface area contributed by atoms with E-state index in [1.54, 1.807) is 47.2 Å². The molecule has 0 radical (unpaired) electrons. The van der Waals surface area contributed by atoms with E-state index in [4.69, 9.17) is 0 Å². The molecule has 0 fully saturated rings. The molecule has 0 bridgehead atoms. The molecular weight excluding hydrogens is 436 g/mol. The molecule has 0 atom stereocenters. The van der Waals surface area contributed by atoms with Gasteiger partial charge >= 0.3 is 0 Å². The summed E-state index contributed by atoms with van der Waals surface area (Å²) in [6.45, 7) is 3.84. The number of anilines is 1. The number of benzene rings is 2. The summed E-state index contributed by atoms with van der Waals surface area (Å²) in [5.74, 6) is 0.618. The van der Waals surface area contributed by atoms with Crippen LogP contribution in [0.15, 0.2) is 84.0 Å². The van der Waals surface area contributed by atoms with Crippen LogP contribution in [-0.4, -0.2) is 33.2 Å². The highest BCUT2D eigenvalue weighted by Gasteiger charge is 2.15. The van der Waals surface area contributed by atoms with Crippen molar-refractivity contribution < 1.29 is 8.42 Å². The molecule has 5 aromatic rings. The summed E-state index contributed by atoms with van der Waals surface area (Å²) in [7, 11) is -3.68. The summed E-state index contributed by atoms with van der Waals surface area (Å²) < 4.78 is 29.8. The van der Waals surface area contributed by atoms with Crippen LogP contribution in [0.4, 0.5) is 5.69 Å². The number of rotatable bonds is 5. The molecule has 3 heterocycles. The second-order valence-electron chi connectivity index (χ2n) is 7.68. The van der Waals surface area contributed by atoms with Gasteiger partial charge in [-0.15, -0.1) is 10.2 Å². The predicted octanol–water partition coefficient (Wildman–Crippen LogP) is 4.27. The highest BCUT2D eigenvalue weighted by molar-refractivity contribution is 7.92. The number of aryl methyl sites for hydroxylation is 2. The zero-order chi connectivity index (χ0) is 23.0. The number of sulfonamides is 1. The molecule has 0 saturated carbocycles. The van der Waals surface area contributed by atoms with E-state index in [0.717, 1.165) is 22.3 Å². The molecule has 2 aromatic carbocycles. The molecule has 0 aliphatic heterocycles. The van der Waals surface area contributed by atoms with Gasteiger partial charge in [-0.2, -0.15) is 9.61 Å². The summed E-state index contributed by atoms with van der Waals surface area (Å²) in [6, 6.07) is 19.6. The van der Waals surface area contributed by atoms with Gasteiger partial charge in [0.25, 0.3) is 10.0 Å². The molecule has 0 unspecified atom stereocenters. The van der Waals surface area contributed by atoms with Gasteiger partial charge < -0.3 is 0 Å². The standard InChI is InChI=1S/C24H20N6O2S/c1-16-3-8-21(15-17(16)2)33(31,32)29-20-6-4-18(5-7-20)22-9-10-23-26-27-24(30(23)28-22)19-11-13-25-14-12-19/h3-15,29H,1-2H3. The Balaban J connectivity index is 1.43. The van der Waals surface area contributed by atoms with Crippen molar-refractivity contribution in [3.63, 3.8) is 0 Å². The van der Waals surface area contributed by atoms with E-state index in [1.807, 2.05) is 50.2 Å². The van der Waals surface area contributed by atoms with E-state index in [-0.39, 0.29) is 4.90 Å². The summed E-state index contributed by atoms with van der Waals surface area (Å²) in [6.07, 6.45) is 3.38. The van der Waals surface area contributed by atoms with Crippen molar-refractivity contribution in [3.05, 3.63) is 90.3 Å². The highest BCUT2D eigenvalue weighted by atomic mass is 32.2. The normalized spacial score (nSPS) is 11.6. The zero-order valence-corrected chi connectivity index (χ0v) is 18.8. The molecule has 9 heteroatoms. The van der Waals surface area contributed by atoms with Crippen molar-refractivity contribution >= 4 is 21.4 Å². The van der Waals surface area contributed by atoms with Crippen molar-refractivity contribution in [2.75, 3.05) is 4.72 Å². The summed E-state index contributed by atoms with van der Waals surface area (Å²) in [5, 5.41) is 13.1. The lowest BCUT2D eigenvalue weighted by Crippen LogP contribution is -2.13. The predicted molar refractivity (Wildman–Crippen MR) is 126 cm³/mol. The van der Waals surface area contributed by atoms with Crippen molar-refractivity contribution in [1.29, 1.82) is 0 Å². The lowest BCUT2D eigenvalue weighted by molar-refractivity contribution is 0.601. The largest absolute Gasteiger partial charge is 0.280 e. The van der Waals surface area contributed by atoms with Crippen LogP contribution in [0.25, 0.3) is 28.3 Å². The van der Waals surface area contributed by atoms with Crippen LogP contribution in [0, 0.1) is 13.8 Å². The van der Waals surface area contributed by atoms with E-state index in [1.165, 1.54) is 0 Å². The zero-order valence-electron chi connectivity index (χ0n) is 18.0. The Morgan fingerprint density at radius 2 is 1.55 bits per heavy atom. The maximum Gasteiger partial charge on any atom is 0.261 e. The molecule has 164 valence electrons. The topological polar surface area (TPSA) is 102 Å². The number of aromatic nitrogens is 5. The minimum atomic E-state index is -3.68. The van der Waals surface area contributed by atoms with E-state index in [9.17, 15) is 8.42 Å². The molecule has 33 heavy (non-hydrogen) atoms. The Morgan fingerprint density at radius 3 is 2.27 bits per heavy atom. The lowest BCUT2D eigenvalue weighted by Gasteiger charge is -2.10. The van der Waals surface area contributed by atoms with Crippen LogP contribution in [0.3, 0.4) is 0 Å². The Morgan fingerprint density at radius 1 is 0.788 bits per heavy atom. The van der Waals surface area contributed by atoms with E-state index < -0.39 is 10.0 Å². The van der Waals surface area contributed by atoms with Gasteiger partial charge in [0.1, 0.15) is 0 Å². The first kappa shape index (κ1) is 20.8. The molecular formula is C24H20N6O2S. The first-order valence-electron chi connectivity index (χ1n) is 10.2. The first-order chi connectivity index (χ1) is 15.9. The number of hydrogen-bond donors (Lipinski definition) is 1. The molecule has 0 aliphatic carbocycles. The van der Waals surface area contributed by atoms with Crippen LogP contribution in [0.1, 0.15) is 11.1 Å². The van der Waals surface area contributed by atoms with E-state index >= 15 is 0 Å². The monoisotopic (exact) mass is 456 g/mol. The summed E-state index contributed by atoms with van der Waals surface area (Å²) >= 11 is 0. The van der Waals surface area contributed by atoms with Crippen molar-refractivity contribution in [2.24, 2.45) is 0 Å². The average molecular weight is 457 g/mol. The van der Waals surface area contributed by atoms with Gasteiger partial charge in [0, 0.05) is 29.2 Å². The fraction of sp³-hybridized carbons (Fsp3) is 0.0833. The minimum absolute atomic E-state index is 0.234. The molecule has 1 N–H and O–H groups in total. The number of hydrogen-bond acceptors (Lipinski definition) is 6. The van der Waals surface area contributed by atoms with Gasteiger partial charge in [0.05, 0.1) is 10.6 Å². The Labute approximate surface area is 191 Å². The fourth-order valence-corrected chi connectivity index (χ4v) is 4.57. The molecule has 8 nitrogen and oxygen atoms in total. The summed E-state index contributed by atoms with van der Waals surface area (Å²) in [5.41, 5.74) is 5.47. The van der Waals surface area contributed by atoms with E-state index in [2.05, 4.69) is 25.0 Å². The van der Waals surface area contributed by atoms with Crippen LogP contribution in [0.2, 0.25) is 0 Å². The van der Waals surface area contributed by atoms with Gasteiger partial charge in [-0.1, -0.05) is 18.2 Å². The van der Waals surface area contributed by atoms with Crippen molar-refractivity contribution in [3.8, 4) is 22.6 Å². The van der Waals surface area contributed by atoms with Gasteiger partial charge in [-0.25, -0.2) is 8.42 Å². The minimum Gasteiger partial charge on any atom is -0.280 e. The quantitative estimate of drug-likeness (QED) is 0.424. The van der Waals surface area contributed by atoms with Crippen LogP contribution >= 0.6 is 0 Å². The second kappa shape index (κ2) is 8.10. The van der Waals surface area contributed by atoms with E-state index in [0.29, 0.717) is 22.9 Å². The van der Waals surface area contributed by atoms with Crippen molar-refractivity contribution in [2.45, 2.75) is 18.7 Å². The highest BCUT2D eigenvalue weighted by Crippen LogP contribution is 2.24. The van der Waals surface area contributed by atoms with Gasteiger partial charge in [-0.3, -0.25) is 9.71 Å². The Kier molecular flexibility index (Phi) is 5.10. The third-order valence-corrected chi connectivity index (χ3v) is 6.80. The number of pyridine rings is 1.